The second kappa shape index (κ2) is 5.38. The molecule has 0 saturated carbocycles. The molecule has 4 heteroatoms. The summed E-state index contributed by atoms with van der Waals surface area (Å²) in [4.78, 5) is 0. The molecule has 0 fully saturated rings. The zero-order valence-corrected chi connectivity index (χ0v) is 10.5. The molecule has 1 unspecified atom stereocenters. The molecule has 0 aliphatic heterocycles. The maximum atomic E-state index is 13.3. The van der Waals surface area contributed by atoms with Crippen molar-refractivity contribution in [2.45, 2.75) is 6.10 Å². The SMILES string of the molecule is COc1ccc(C(O)c2cccc(F)c2Cl)cc1. The van der Waals surface area contributed by atoms with Gasteiger partial charge in [0.2, 0.25) is 0 Å². The Hall–Kier alpha value is -1.58. The number of ether oxygens (including phenoxy) is 1. The Labute approximate surface area is 110 Å². The lowest BCUT2D eigenvalue weighted by Gasteiger charge is -2.13. The van der Waals surface area contributed by atoms with E-state index in [-0.39, 0.29) is 5.02 Å². The summed E-state index contributed by atoms with van der Waals surface area (Å²) >= 11 is 5.84. The van der Waals surface area contributed by atoms with E-state index in [0.29, 0.717) is 16.9 Å². The van der Waals surface area contributed by atoms with Crippen LogP contribution in [0.15, 0.2) is 42.5 Å². The number of methoxy groups -OCH3 is 1. The van der Waals surface area contributed by atoms with Crippen LogP contribution in [0.3, 0.4) is 0 Å². The Morgan fingerprint density at radius 1 is 1.17 bits per heavy atom. The molecule has 94 valence electrons. The molecule has 0 bridgehead atoms. The topological polar surface area (TPSA) is 29.5 Å². The van der Waals surface area contributed by atoms with E-state index in [0.717, 1.165) is 0 Å². The van der Waals surface area contributed by atoms with Crippen molar-refractivity contribution in [1.82, 2.24) is 0 Å². The average molecular weight is 267 g/mol. The highest BCUT2D eigenvalue weighted by Crippen LogP contribution is 2.30. The van der Waals surface area contributed by atoms with Crippen molar-refractivity contribution in [2.75, 3.05) is 7.11 Å². The summed E-state index contributed by atoms with van der Waals surface area (Å²) < 4.78 is 18.3. The van der Waals surface area contributed by atoms with E-state index in [9.17, 15) is 9.50 Å². The van der Waals surface area contributed by atoms with E-state index < -0.39 is 11.9 Å². The summed E-state index contributed by atoms with van der Waals surface area (Å²) in [6, 6.07) is 11.3. The molecule has 2 rings (SSSR count). The minimum absolute atomic E-state index is 0.0548. The Morgan fingerprint density at radius 3 is 2.44 bits per heavy atom. The van der Waals surface area contributed by atoms with Gasteiger partial charge in [-0.05, 0) is 23.8 Å². The largest absolute Gasteiger partial charge is 0.497 e. The predicted molar refractivity (Wildman–Crippen MR) is 68.5 cm³/mol. The van der Waals surface area contributed by atoms with Crippen molar-refractivity contribution in [2.24, 2.45) is 0 Å². The molecule has 0 aliphatic carbocycles. The molecule has 0 saturated heterocycles. The molecular weight excluding hydrogens is 255 g/mol. The van der Waals surface area contributed by atoms with E-state index in [1.807, 2.05) is 0 Å². The van der Waals surface area contributed by atoms with Gasteiger partial charge in [0.15, 0.2) is 0 Å². The van der Waals surface area contributed by atoms with Crippen LogP contribution in [0, 0.1) is 5.82 Å². The van der Waals surface area contributed by atoms with E-state index in [4.69, 9.17) is 16.3 Å². The van der Waals surface area contributed by atoms with Crippen LogP contribution >= 0.6 is 11.6 Å². The lowest BCUT2D eigenvalue weighted by atomic mass is 10.0. The number of rotatable bonds is 3. The van der Waals surface area contributed by atoms with Crippen LogP contribution in [0.25, 0.3) is 0 Å². The van der Waals surface area contributed by atoms with Gasteiger partial charge in [-0.2, -0.15) is 0 Å². The van der Waals surface area contributed by atoms with Gasteiger partial charge < -0.3 is 9.84 Å². The maximum absolute atomic E-state index is 13.3. The number of halogens is 2. The van der Waals surface area contributed by atoms with Crippen LogP contribution in [-0.4, -0.2) is 12.2 Å². The van der Waals surface area contributed by atoms with E-state index in [1.54, 1.807) is 37.4 Å². The second-order valence-corrected chi connectivity index (χ2v) is 4.20. The van der Waals surface area contributed by atoms with Gasteiger partial charge in [0.25, 0.3) is 0 Å². The molecule has 0 aromatic heterocycles. The Kier molecular flexibility index (Phi) is 3.84. The first kappa shape index (κ1) is 12.9. The number of benzene rings is 2. The lowest BCUT2D eigenvalue weighted by Crippen LogP contribution is -2.01. The third-order valence-electron chi connectivity index (χ3n) is 2.71. The Morgan fingerprint density at radius 2 is 1.83 bits per heavy atom. The summed E-state index contributed by atoms with van der Waals surface area (Å²) in [5.74, 6) is 0.151. The molecule has 1 atom stereocenters. The number of hydrogen-bond acceptors (Lipinski definition) is 2. The molecule has 0 aliphatic rings. The number of aliphatic hydroxyl groups excluding tert-OH is 1. The van der Waals surface area contributed by atoms with Crippen LogP contribution in [-0.2, 0) is 0 Å². The van der Waals surface area contributed by atoms with Crippen molar-refractivity contribution in [3.05, 3.63) is 64.4 Å². The third kappa shape index (κ3) is 2.47. The first-order chi connectivity index (χ1) is 8.63. The normalized spacial score (nSPS) is 12.2. The summed E-state index contributed by atoms with van der Waals surface area (Å²) in [5.41, 5.74) is 0.977. The van der Waals surface area contributed by atoms with Gasteiger partial charge in [0.05, 0.1) is 12.1 Å². The number of hydrogen-bond donors (Lipinski definition) is 1. The first-order valence-corrected chi connectivity index (χ1v) is 5.77. The summed E-state index contributed by atoms with van der Waals surface area (Å²) in [6.45, 7) is 0. The van der Waals surface area contributed by atoms with Gasteiger partial charge in [-0.15, -0.1) is 0 Å². The molecular formula is C14H12ClFO2. The van der Waals surface area contributed by atoms with Gasteiger partial charge in [0, 0.05) is 5.56 Å². The monoisotopic (exact) mass is 266 g/mol. The molecule has 2 aromatic rings. The molecule has 1 N–H and O–H groups in total. The maximum Gasteiger partial charge on any atom is 0.142 e. The second-order valence-electron chi connectivity index (χ2n) is 3.82. The van der Waals surface area contributed by atoms with Gasteiger partial charge in [-0.1, -0.05) is 35.9 Å². The van der Waals surface area contributed by atoms with Gasteiger partial charge in [-0.3, -0.25) is 0 Å². The lowest BCUT2D eigenvalue weighted by molar-refractivity contribution is 0.220. The smallest absolute Gasteiger partial charge is 0.142 e. The van der Waals surface area contributed by atoms with Crippen LogP contribution < -0.4 is 4.74 Å². The van der Waals surface area contributed by atoms with Crippen LogP contribution in [0.4, 0.5) is 4.39 Å². The number of aliphatic hydroxyl groups is 1. The highest BCUT2D eigenvalue weighted by atomic mass is 35.5. The minimum Gasteiger partial charge on any atom is -0.497 e. The fraction of sp³-hybridized carbons (Fsp3) is 0.143. The zero-order valence-electron chi connectivity index (χ0n) is 9.73. The van der Waals surface area contributed by atoms with E-state index in [1.165, 1.54) is 12.1 Å². The predicted octanol–water partition coefficient (Wildman–Crippen LogP) is 3.57. The Bertz CT molecular complexity index is 540. The molecule has 2 nitrogen and oxygen atoms in total. The van der Waals surface area contributed by atoms with Crippen molar-refractivity contribution < 1.29 is 14.2 Å². The molecule has 2 aromatic carbocycles. The van der Waals surface area contributed by atoms with Crippen LogP contribution in [0.1, 0.15) is 17.2 Å². The average Bonchev–Trinajstić information content (AvgIpc) is 2.41. The third-order valence-corrected chi connectivity index (χ3v) is 3.11. The first-order valence-electron chi connectivity index (χ1n) is 5.39. The van der Waals surface area contributed by atoms with Crippen molar-refractivity contribution in [3.8, 4) is 5.75 Å². The van der Waals surface area contributed by atoms with Gasteiger partial charge >= 0.3 is 0 Å². The van der Waals surface area contributed by atoms with Crippen molar-refractivity contribution >= 4 is 11.6 Å². The molecule has 0 radical (unpaired) electrons. The molecule has 0 amide bonds. The fourth-order valence-corrected chi connectivity index (χ4v) is 1.93. The van der Waals surface area contributed by atoms with Crippen molar-refractivity contribution in [3.63, 3.8) is 0 Å². The van der Waals surface area contributed by atoms with Gasteiger partial charge in [0.1, 0.15) is 17.7 Å². The molecule has 18 heavy (non-hydrogen) atoms. The zero-order chi connectivity index (χ0) is 13.1. The summed E-state index contributed by atoms with van der Waals surface area (Å²) in [5, 5.41) is 10.1. The van der Waals surface area contributed by atoms with E-state index >= 15 is 0 Å². The van der Waals surface area contributed by atoms with Crippen LogP contribution in [0.2, 0.25) is 5.02 Å². The highest BCUT2D eigenvalue weighted by molar-refractivity contribution is 6.31. The molecule has 0 heterocycles. The minimum atomic E-state index is -0.959. The van der Waals surface area contributed by atoms with E-state index in [2.05, 4.69) is 0 Å². The van der Waals surface area contributed by atoms with Crippen molar-refractivity contribution in [1.29, 1.82) is 0 Å². The highest BCUT2D eigenvalue weighted by Gasteiger charge is 2.16. The standard InChI is InChI=1S/C14H12ClFO2/c1-18-10-7-5-9(6-8-10)14(17)11-3-2-4-12(16)13(11)15/h2-8,14,17H,1H3. The molecule has 0 spiro atoms. The quantitative estimate of drug-likeness (QED) is 0.920. The van der Waals surface area contributed by atoms with Gasteiger partial charge in [-0.25, -0.2) is 4.39 Å². The summed E-state index contributed by atoms with van der Waals surface area (Å²) in [6.07, 6.45) is -0.959. The summed E-state index contributed by atoms with van der Waals surface area (Å²) in [7, 11) is 1.56. The Balaban J connectivity index is 2.35. The van der Waals surface area contributed by atoms with Crippen LogP contribution in [0.5, 0.6) is 5.75 Å². The fourth-order valence-electron chi connectivity index (χ4n) is 1.70.